The summed E-state index contributed by atoms with van der Waals surface area (Å²) < 4.78 is 3.28. The standard InChI is InChI=1S/C24H20BrN5S/c25-18-6-8-19(9-7-18)29-15-3-5-21(29)23-22(20-4-1-2-12-27-20)28-24(31)30(23)16-17-10-13-26-14-11-17/h1-15,22-23H,16H2,(H,28,31)/t22-,23+/m1/s1. The molecule has 0 amide bonds. The first-order chi connectivity index (χ1) is 15.2. The molecule has 0 spiro atoms. The van der Waals surface area contributed by atoms with E-state index in [1.54, 1.807) is 0 Å². The second kappa shape index (κ2) is 8.61. The van der Waals surface area contributed by atoms with Crippen molar-refractivity contribution < 1.29 is 0 Å². The van der Waals surface area contributed by atoms with Gasteiger partial charge in [0.15, 0.2) is 5.11 Å². The number of benzene rings is 1. The van der Waals surface area contributed by atoms with E-state index < -0.39 is 0 Å². The van der Waals surface area contributed by atoms with Crippen molar-refractivity contribution in [2.75, 3.05) is 0 Å². The summed E-state index contributed by atoms with van der Waals surface area (Å²) in [4.78, 5) is 11.0. The quantitative estimate of drug-likeness (QED) is 0.390. The highest BCUT2D eigenvalue weighted by Gasteiger charge is 2.41. The van der Waals surface area contributed by atoms with Gasteiger partial charge in [-0.3, -0.25) is 9.97 Å². The summed E-state index contributed by atoms with van der Waals surface area (Å²) in [6.07, 6.45) is 7.56. The van der Waals surface area contributed by atoms with Gasteiger partial charge in [-0.2, -0.15) is 0 Å². The average molecular weight is 490 g/mol. The summed E-state index contributed by atoms with van der Waals surface area (Å²) in [6.45, 7) is 0.688. The Kier molecular flexibility index (Phi) is 5.53. The van der Waals surface area contributed by atoms with Gasteiger partial charge >= 0.3 is 0 Å². The average Bonchev–Trinajstić information content (AvgIpc) is 3.40. The molecule has 1 fully saturated rings. The minimum absolute atomic E-state index is 0.0192. The van der Waals surface area contributed by atoms with Gasteiger partial charge < -0.3 is 14.8 Å². The van der Waals surface area contributed by atoms with Crippen LogP contribution in [0.4, 0.5) is 0 Å². The smallest absolute Gasteiger partial charge is 0.170 e. The molecule has 5 rings (SSSR count). The lowest BCUT2D eigenvalue weighted by molar-refractivity contribution is 0.302. The number of thiocarbonyl (C=S) groups is 1. The van der Waals surface area contributed by atoms with Crippen LogP contribution < -0.4 is 5.32 Å². The Labute approximate surface area is 194 Å². The molecule has 3 aromatic heterocycles. The Hall–Kier alpha value is -3.03. The summed E-state index contributed by atoms with van der Waals surface area (Å²) in [5.74, 6) is 0. The molecule has 4 heterocycles. The minimum Gasteiger partial charge on any atom is -0.352 e. The second-order valence-corrected chi connectivity index (χ2v) is 8.69. The van der Waals surface area contributed by atoms with Crippen LogP contribution in [-0.4, -0.2) is 24.5 Å². The fourth-order valence-corrected chi connectivity index (χ4v) is 4.62. The van der Waals surface area contributed by atoms with Gasteiger partial charge in [-0.25, -0.2) is 0 Å². The van der Waals surface area contributed by atoms with Crippen LogP contribution in [0, 0.1) is 0 Å². The molecule has 7 heteroatoms. The molecule has 5 nitrogen and oxygen atoms in total. The highest BCUT2D eigenvalue weighted by molar-refractivity contribution is 9.10. The molecule has 0 bridgehead atoms. The summed E-state index contributed by atoms with van der Waals surface area (Å²) >= 11 is 9.33. The number of aromatic nitrogens is 3. The van der Waals surface area contributed by atoms with Crippen molar-refractivity contribution in [3.8, 4) is 5.69 Å². The van der Waals surface area contributed by atoms with Crippen LogP contribution >= 0.6 is 28.1 Å². The lowest BCUT2D eigenvalue weighted by Crippen LogP contribution is -2.30. The topological polar surface area (TPSA) is 46.0 Å². The van der Waals surface area contributed by atoms with Crippen molar-refractivity contribution in [1.82, 2.24) is 24.8 Å². The summed E-state index contributed by atoms with van der Waals surface area (Å²) in [6, 6.07) is 22.6. The monoisotopic (exact) mass is 489 g/mol. The third-order valence-electron chi connectivity index (χ3n) is 5.49. The van der Waals surface area contributed by atoms with Crippen LogP contribution in [-0.2, 0) is 6.54 Å². The zero-order valence-electron chi connectivity index (χ0n) is 16.6. The first kappa shape index (κ1) is 19.9. The first-order valence-corrected chi connectivity index (χ1v) is 11.2. The molecule has 154 valence electrons. The van der Waals surface area contributed by atoms with Gasteiger partial charge in [-0.15, -0.1) is 0 Å². The summed E-state index contributed by atoms with van der Waals surface area (Å²) in [5, 5.41) is 4.25. The highest BCUT2D eigenvalue weighted by Crippen LogP contribution is 2.40. The van der Waals surface area contributed by atoms with Crippen molar-refractivity contribution in [2.45, 2.75) is 18.6 Å². The molecule has 0 aliphatic carbocycles. The molecular weight excluding hydrogens is 470 g/mol. The number of nitrogens with zero attached hydrogens (tertiary/aromatic N) is 4. The van der Waals surface area contributed by atoms with E-state index in [0.29, 0.717) is 6.54 Å². The fourth-order valence-electron chi connectivity index (χ4n) is 4.05. The molecule has 1 aromatic carbocycles. The molecule has 0 radical (unpaired) electrons. The van der Waals surface area contributed by atoms with Gasteiger partial charge in [-0.1, -0.05) is 22.0 Å². The van der Waals surface area contributed by atoms with E-state index in [1.165, 1.54) is 0 Å². The van der Waals surface area contributed by atoms with Gasteiger partial charge in [-0.05, 0) is 78.4 Å². The lowest BCUT2D eigenvalue weighted by Gasteiger charge is -2.29. The van der Waals surface area contributed by atoms with Crippen LogP contribution in [0.3, 0.4) is 0 Å². The van der Waals surface area contributed by atoms with E-state index in [4.69, 9.17) is 12.2 Å². The van der Waals surface area contributed by atoms with Gasteiger partial charge in [0.1, 0.15) is 0 Å². The Morgan fingerprint density at radius 2 is 1.74 bits per heavy atom. The molecule has 0 saturated carbocycles. The predicted molar refractivity (Wildman–Crippen MR) is 129 cm³/mol. The molecule has 4 aromatic rings. The number of hydrogen-bond donors (Lipinski definition) is 1. The summed E-state index contributed by atoms with van der Waals surface area (Å²) in [7, 11) is 0. The predicted octanol–water partition coefficient (Wildman–Crippen LogP) is 5.20. The zero-order valence-corrected chi connectivity index (χ0v) is 19.0. The van der Waals surface area contributed by atoms with Crippen LogP contribution in [0.1, 0.15) is 29.0 Å². The maximum atomic E-state index is 5.80. The number of hydrogen-bond acceptors (Lipinski definition) is 3. The Balaban J connectivity index is 1.60. The normalized spacial score (nSPS) is 18.2. The van der Waals surface area contributed by atoms with Gasteiger partial charge in [0.25, 0.3) is 0 Å². The Bertz CT molecular complexity index is 1180. The van der Waals surface area contributed by atoms with Crippen LogP contribution in [0.15, 0.2) is 96.0 Å². The minimum atomic E-state index is -0.0559. The molecule has 2 atom stereocenters. The first-order valence-electron chi connectivity index (χ1n) is 10.0. The third-order valence-corrected chi connectivity index (χ3v) is 6.37. The Morgan fingerprint density at radius 1 is 0.935 bits per heavy atom. The maximum Gasteiger partial charge on any atom is 0.170 e. The van der Waals surface area contributed by atoms with E-state index in [0.717, 1.165) is 32.2 Å². The van der Waals surface area contributed by atoms with Crippen LogP contribution in [0.25, 0.3) is 5.69 Å². The van der Waals surface area contributed by atoms with Crippen molar-refractivity contribution in [1.29, 1.82) is 0 Å². The molecule has 1 aliphatic heterocycles. The summed E-state index contributed by atoms with van der Waals surface area (Å²) in [5.41, 5.74) is 4.38. The van der Waals surface area contributed by atoms with Crippen LogP contribution in [0.5, 0.6) is 0 Å². The van der Waals surface area contributed by atoms with E-state index in [2.05, 4.69) is 89.3 Å². The second-order valence-electron chi connectivity index (χ2n) is 7.39. The van der Waals surface area contributed by atoms with E-state index in [1.807, 2.05) is 42.9 Å². The Morgan fingerprint density at radius 3 is 2.48 bits per heavy atom. The molecule has 31 heavy (non-hydrogen) atoms. The van der Waals surface area contributed by atoms with E-state index in [-0.39, 0.29) is 12.1 Å². The number of pyridine rings is 2. The fraction of sp³-hybridized carbons (Fsp3) is 0.125. The maximum absolute atomic E-state index is 5.80. The van der Waals surface area contributed by atoms with Gasteiger partial charge in [0.2, 0.25) is 0 Å². The van der Waals surface area contributed by atoms with Crippen molar-refractivity contribution in [2.24, 2.45) is 0 Å². The largest absolute Gasteiger partial charge is 0.352 e. The number of nitrogens with one attached hydrogen (secondary N) is 1. The number of rotatable bonds is 5. The molecule has 1 aliphatic rings. The van der Waals surface area contributed by atoms with Crippen molar-refractivity contribution >= 4 is 33.3 Å². The van der Waals surface area contributed by atoms with Gasteiger partial charge in [0, 0.05) is 47.2 Å². The van der Waals surface area contributed by atoms with Crippen molar-refractivity contribution in [3.63, 3.8) is 0 Å². The molecule has 1 N–H and O–H groups in total. The third kappa shape index (κ3) is 3.98. The molecule has 0 unspecified atom stereocenters. The van der Waals surface area contributed by atoms with Crippen LogP contribution in [0.2, 0.25) is 0 Å². The van der Waals surface area contributed by atoms with E-state index >= 15 is 0 Å². The SMILES string of the molecule is S=C1N[C@H](c2ccccn2)[C@H](c2cccn2-c2ccc(Br)cc2)N1Cc1ccncc1. The van der Waals surface area contributed by atoms with E-state index in [9.17, 15) is 0 Å². The molecule has 1 saturated heterocycles. The van der Waals surface area contributed by atoms with Crippen molar-refractivity contribution in [3.05, 3.63) is 113 Å². The lowest BCUT2D eigenvalue weighted by atomic mass is 10.0. The number of halogens is 1. The molecular formula is C24H20BrN5S. The highest BCUT2D eigenvalue weighted by atomic mass is 79.9. The van der Waals surface area contributed by atoms with Gasteiger partial charge in [0.05, 0.1) is 17.8 Å². The zero-order chi connectivity index (χ0) is 21.2.